The standard InChI is InChI=1S/C21H17NO3/c1-14(15(2)16-6-4-3-5-7-16)10-18(12-22)21(23)17-8-9-19-20(11-17)25-13-24-19/h3-11H,13H2,1-2H3/b15-14+,18-10+. The number of rotatable bonds is 4. The smallest absolute Gasteiger partial charge is 0.231 e. The summed E-state index contributed by atoms with van der Waals surface area (Å²) < 4.78 is 10.5. The van der Waals surface area contributed by atoms with Gasteiger partial charge in [0, 0.05) is 5.56 Å². The molecule has 0 bridgehead atoms. The molecule has 2 aromatic carbocycles. The van der Waals surface area contributed by atoms with E-state index in [9.17, 15) is 10.1 Å². The second-order valence-electron chi connectivity index (χ2n) is 5.74. The van der Waals surface area contributed by atoms with Gasteiger partial charge in [0.15, 0.2) is 11.5 Å². The predicted molar refractivity (Wildman–Crippen MR) is 95.3 cm³/mol. The number of Topliss-reactive ketones (excluding diaryl/α,β-unsaturated/α-hetero) is 1. The highest BCUT2D eigenvalue weighted by atomic mass is 16.7. The third-order valence-corrected chi connectivity index (χ3v) is 4.16. The Bertz CT molecular complexity index is 918. The number of nitrogens with zero attached hydrogens (tertiary/aromatic N) is 1. The SMILES string of the molecule is CC(/C=C(\C#N)C(=O)c1ccc2c(c1)OCO2)=C(/C)c1ccccc1. The van der Waals surface area contributed by atoms with Gasteiger partial charge in [-0.1, -0.05) is 30.3 Å². The number of allylic oxidation sites excluding steroid dienone is 4. The van der Waals surface area contributed by atoms with E-state index in [1.54, 1.807) is 24.3 Å². The Hall–Kier alpha value is -3.32. The van der Waals surface area contributed by atoms with Gasteiger partial charge in [-0.2, -0.15) is 5.26 Å². The summed E-state index contributed by atoms with van der Waals surface area (Å²) in [6.45, 7) is 4.01. The maximum Gasteiger partial charge on any atom is 0.231 e. The minimum absolute atomic E-state index is 0.0895. The number of fused-ring (bicyclic) bond motifs is 1. The van der Waals surface area contributed by atoms with Crippen LogP contribution in [0.5, 0.6) is 11.5 Å². The lowest BCUT2D eigenvalue weighted by Crippen LogP contribution is -2.02. The summed E-state index contributed by atoms with van der Waals surface area (Å²) in [6.07, 6.45) is 1.63. The van der Waals surface area contributed by atoms with E-state index < -0.39 is 0 Å². The first-order valence-electron chi connectivity index (χ1n) is 7.89. The average Bonchev–Trinajstić information content (AvgIpc) is 3.13. The molecule has 3 rings (SSSR count). The van der Waals surface area contributed by atoms with Crippen LogP contribution in [0.2, 0.25) is 0 Å². The number of carbonyl (C=O) groups is 1. The molecular weight excluding hydrogens is 314 g/mol. The van der Waals surface area contributed by atoms with Gasteiger partial charge >= 0.3 is 0 Å². The van der Waals surface area contributed by atoms with Gasteiger partial charge in [-0.3, -0.25) is 4.79 Å². The molecule has 1 aliphatic heterocycles. The van der Waals surface area contributed by atoms with Crippen LogP contribution < -0.4 is 9.47 Å². The molecule has 4 nitrogen and oxygen atoms in total. The molecule has 25 heavy (non-hydrogen) atoms. The van der Waals surface area contributed by atoms with Crippen molar-refractivity contribution in [1.82, 2.24) is 0 Å². The Balaban J connectivity index is 1.92. The molecule has 4 heteroatoms. The van der Waals surface area contributed by atoms with E-state index >= 15 is 0 Å². The average molecular weight is 331 g/mol. The normalized spacial score (nSPS) is 13.9. The summed E-state index contributed by atoms with van der Waals surface area (Å²) in [4.78, 5) is 12.7. The minimum atomic E-state index is -0.332. The van der Waals surface area contributed by atoms with Gasteiger partial charge in [0.1, 0.15) is 11.6 Å². The summed E-state index contributed by atoms with van der Waals surface area (Å²) in [6, 6.07) is 16.8. The molecule has 0 N–H and O–H groups in total. The van der Waals surface area contributed by atoms with Crippen molar-refractivity contribution in [2.24, 2.45) is 0 Å². The number of nitriles is 1. The van der Waals surface area contributed by atoms with Gasteiger partial charge in [-0.15, -0.1) is 0 Å². The van der Waals surface area contributed by atoms with E-state index in [2.05, 4.69) is 0 Å². The highest BCUT2D eigenvalue weighted by molar-refractivity contribution is 6.12. The fourth-order valence-electron chi connectivity index (χ4n) is 2.58. The lowest BCUT2D eigenvalue weighted by atomic mass is 9.98. The Kier molecular flexibility index (Phi) is 4.67. The summed E-state index contributed by atoms with van der Waals surface area (Å²) in [5.41, 5.74) is 3.45. The van der Waals surface area contributed by atoms with Crippen LogP contribution in [0, 0.1) is 11.3 Å². The van der Waals surface area contributed by atoms with Crippen molar-refractivity contribution < 1.29 is 14.3 Å². The van der Waals surface area contributed by atoms with E-state index in [1.165, 1.54) is 0 Å². The van der Waals surface area contributed by atoms with Crippen molar-refractivity contribution in [3.63, 3.8) is 0 Å². The van der Waals surface area contributed by atoms with Crippen molar-refractivity contribution in [3.05, 3.63) is 76.9 Å². The molecule has 0 aliphatic carbocycles. The van der Waals surface area contributed by atoms with Crippen LogP contribution in [0.3, 0.4) is 0 Å². The van der Waals surface area contributed by atoms with E-state index in [4.69, 9.17) is 9.47 Å². The van der Waals surface area contributed by atoms with Gasteiger partial charge in [0.25, 0.3) is 0 Å². The van der Waals surface area contributed by atoms with Gasteiger partial charge in [0.05, 0.1) is 0 Å². The first-order chi connectivity index (χ1) is 12.1. The zero-order chi connectivity index (χ0) is 17.8. The van der Waals surface area contributed by atoms with Crippen LogP contribution in [0.15, 0.2) is 65.8 Å². The summed E-state index contributed by atoms with van der Waals surface area (Å²) in [5.74, 6) is 0.798. The van der Waals surface area contributed by atoms with E-state index in [0.717, 1.165) is 16.7 Å². The monoisotopic (exact) mass is 331 g/mol. The van der Waals surface area contributed by atoms with Crippen molar-refractivity contribution >= 4 is 11.4 Å². The maximum absolute atomic E-state index is 12.7. The van der Waals surface area contributed by atoms with E-state index in [1.807, 2.05) is 50.2 Å². The lowest BCUT2D eigenvalue weighted by molar-refractivity contribution is 0.103. The van der Waals surface area contributed by atoms with Gasteiger partial charge in [-0.05, 0) is 54.8 Å². The largest absolute Gasteiger partial charge is 0.454 e. The molecule has 0 saturated heterocycles. The third kappa shape index (κ3) is 3.46. The third-order valence-electron chi connectivity index (χ3n) is 4.16. The van der Waals surface area contributed by atoms with Crippen LogP contribution in [0.1, 0.15) is 29.8 Å². The van der Waals surface area contributed by atoms with E-state index in [0.29, 0.717) is 17.1 Å². The number of ketones is 1. The Morgan fingerprint density at radius 3 is 2.48 bits per heavy atom. The first kappa shape index (κ1) is 16.5. The molecule has 0 atom stereocenters. The zero-order valence-electron chi connectivity index (χ0n) is 14.1. The molecule has 0 aromatic heterocycles. The number of ether oxygens (including phenoxy) is 2. The molecule has 2 aromatic rings. The Morgan fingerprint density at radius 1 is 1.04 bits per heavy atom. The molecule has 1 heterocycles. The maximum atomic E-state index is 12.7. The second kappa shape index (κ2) is 7.06. The van der Waals surface area contributed by atoms with Crippen molar-refractivity contribution in [3.8, 4) is 17.6 Å². The molecule has 0 saturated carbocycles. The van der Waals surface area contributed by atoms with Crippen LogP contribution in [-0.2, 0) is 0 Å². The lowest BCUT2D eigenvalue weighted by Gasteiger charge is -2.06. The highest BCUT2D eigenvalue weighted by Crippen LogP contribution is 2.33. The number of hydrogen-bond acceptors (Lipinski definition) is 4. The fourth-order valence-corrected chi connectivity index (χ4v) is 2.58. The molecule has 0 fully saturated rings. The molecule has 0 radical (unpaired) electrons. The molecule has 1 aliphatic rings. The Labute approximate surface area is 146 Å². The fraction of sp³-hybridized carbons (Fsp3) is 0.143. The summed E-state index contributed by atoms with van der Waals surface area (Å²) in [7, 11) is 0. The molecule has 0 amide bonds. The minimum Gasteiger partial charge on any atom is -0.454 e. The van der Waals surface area contributed by atoms with Crippen molar-refractivity contribution in [1.29, 1.82) is 5.26 Å². The number of benzene rings is 2. The van der Waals surface area contributed by atoms with Gasteiger partial charge in [0.2, 0.25) is 12.6 Å². The zero-order valence-corrected chi connectivity index (χ0v) is 14.1. The predicted octanol–water partition coefficient (Wildman–Crippen LogP) is 4.54. The van der Waals surface area contributed by atoms with Crippen LogP contribution in [0.4, 0.5) is 0 Å². The number of carbonyl (C=O) groups excluding carboxylic acids is 1. The second-order valence-corrected chi connectivity index (χ2v) is 5.74. The number of hydrogen-bond donors (Lipinski definition) is 0. The van der Waals surface area contributed by atoms with Crippen LogP contribution in [-0.4, -0.2) is 12.6 Å². The Morgan fingerprint density at radius 2 is 1.76 bits per heavy atom. The molecular formula is C21H17NO3. The summed E-state index contributed by atoms with van der Waals surface area (Å²) in [5, 5.41) is 9.43. The van der Waals surface area contributed by atoms with Crippen molar-refractivity contribution in [2.45, 2.75) is 13.8 Å². The highest BCUT2D eigenvalue weighted by Gasteiger charge is 2.18. The molecule has 0 unspecified atom stereocenters. The topological polar surface area (TPSA) is 59.3 Å². The van der Waals surface area contributed by atoms with Crippen LogP contribution in [0.25, 0.3) is 5.57 Å². The van der Waals surface area contributed by atoms with Gasteiger partial charge in [-0.25, -0.2) is 0 Å². The van der Waals surface area contributed by atoms with Gasteiger partial charge < -0.3 is 9.47 Å². The van der Waals surface area contributed by atoms with E-state index in [-0.39, 0.29) is 18.1 Å². The summed E-state index contributed by atoms with van der Waals surface area (Å²) >= 11 is 0. The molecule has 0 spiro atoms. The van der Waals surface area contributed by atoms with Crippen molar-refractivity contribution in [2.75, 3.05) is 6.79 Å². The molecule has 124 valence electrons. The van der Waals surface area contributed by atoms with Crippen LogP contribution >= 0.6 is 0 Å². The first-order valence-corrected chi connectivity index (χ1v) is 7.89. The quantitative estimate of drug-likeness (QED) is 0.357.